The molecule has 0 N–H and O–H groups in total. The van der Waals surface area contributed by atoms with Crippen LogP contribution in [-0.4, -0.2) is 0 Å². The standard InChI is InChI=1S/C86H58N2/c1-8-26-59(27-9-1)64-48-54-76-80(56-64)81-57-65(83-74-42-24-22-40-72(74)82(62-30-12-3-13-31-62)73-41-23-25-43-75(73)83)49-55-77(81)86-84(63-46-52-71(53-47-63)88(68-36-18-6-19-37-68)69-38-20-7-21-39-69)78(60-28-10-2-11-29-60)58-79(85(76)86)61-44-50-70(51-45-61)87(66-32-14-4-15-33-66)67-34-16-5-17-35-67/h1-58H. The molecule has 2 heteroatoms. The Balaban J connectivity index is 1.02. The van der Waals surface area contributed by atoms with Gasteiger partial charge < -0.3 is 9.80 Å². The average Bonchev–Trinajstić information content (AvgIpc) is 0.770. The molecule has 0 saturated heterocycles. The van der Waals surface area contributed by atoms with E-state index in [2.05, 4.69) is 362 Å². The second-order valence-electron chi connectivity index (χ2n) is 22.7. The van der Waals surface area contributed by atoms with E-state index in [-0.39, 0.29) is 0 Å². The third kappa shape index (κ3) is 9.24. The fraction of sp³-hybridized carbons (Fsp3) is 0. The largest absolute Gasteiger partial charge is 0.311 e. The van der Waals surface area contributed by atoms with Gasteiger partial charge in [0.15, 0.2) is 0 Å². The molecule has 16 aromatic rings. The molecule has 0 radical (unpaired) electrons. The minimum Gasteiger partial charge on any atom is -0.311 e. The zero-order valence-electron chi connectivity index (χ0n) is 48.4. The van der Waals surface area contributed by atoms with Gasteiger partial charge >= 0.3 is 0 Å². The predicted octanol–water partition coefficient (Wildman–Crippen LogP) is 24.4. The SMILES string of the molecule is c1ccc(-c2ccc3c(c2)c2cc(-c4c5ccccc5c(-c5ccccc5)c5ccccc45)ccc2c2c(-c4ccc(N(c5ccccc5)c5ccccc5)cc4)c(-c4ccccc4)cc(-c4ccc(N(c5ccccc5)c5ccccc5)cc4)c32)cc1. The lowest BCUT2D eigenvalue weighted by molar-refractivity contribution is 1.28. The maximum absolute atomic E-state index is 2.51. The monoisotopic (exact) mass is 1120 g/mol. The highest BCUT2D eigenvalue weighted by Crippen LogP contribution is 2.52. The zero-order chi connectivity index (χ0) is 58.3. The van der Waals surface area contributed by atoms with Crippen molar-refractivity contribution in [2.45, 2.75) is 0 Å². The smallest absolute Gasteiger partial charge is 0.0462 e. The van der Waals surface area contributed by atoms with Crippen molar-refractivity contribution < 1.29 is 0 Å². The molecule has 2 nitrogen and oxygen atoms in total. The molecule has 0 atom stereocenters. The summed E-state index contributed by atoms with van der Waals surface area (Å²) in [5.74, 6) is 0. The van der Waals surface area contributed by atoms with Gasteiger partial charge in [-0.25, -0.2) is 0 Å². The van der Waals surface area contributed by atoms with Gasteiger partial charge in [-0.3, -0.25) is 0 Å². The first-order chi connectivity index (χ1) is 43.7. The second kappa shape index (κ2) is 22.4. The summed E-state index contributed by atoms with van der Waals surface area (Å²) in [5.41, 5.74) is 20.7. The van der Waals surface area contributed by atoms with Crippen molar-refractivity contribution in [2.75, 3.05) is 9.80 Å². The molecule has 0 aliphatic heterocycles. The van der Waals surface area contributed by atoms with Gasteiger partial charge in [0, 0.05) is 34.1 Å². The molecule has 0 heterocycles. The van der Waals surface area contributed by atoms with E-state index in [9.17, 15) is 0 Å². The van der Waals surface area contributed by atoms with Crippen molar-refractivity contribution in [1.82, 2.24) is 0 Å². The summed E-state index contributed by atoms with van der Waals surface area (Å²) in [5, 5.41) is 12.1. The van der Waals surface area contributed by atoms with Gasteiger partial charge in [-0.05, 0) is 212 Å². The Labute approximate surface area is 513 Å². The van der Waals surface area contributed by atoms with Gasteiger partial charge in [-0.15, -0.1) is 0 Å². The van der Waals surface area contributed by atoms with E-state index >= 15 is 0 Å². The van der Waals surface area contributed by atoms with Gasteiger partial charge in [-0.2, -0.15) is 0 Å². The number of fused-ring (bicyclic) bond motifs is 8. The van der Waals surface area contributed by atoms with Crippen molar-refractivity contribution in [3.8, 4) is 66.8 Å². The summed E-state index contributed by atoms with van der Waals surface area (Å²) >= 11 is 0. The molecule has 0 aliphatic rings. The molecule has 88 heavy (non-hydrogen) atoms. The predicted molar refractivity (Wildman–Crippen MR) is 376 cm³/mol. The molecule has 0 amide bonds. The molecule has 0 bridgehead atoms. The fourth-order valence-corrected chi connectivity index (χ4v) is 13.7. The number of nitrogens with zero attached hydrogens (tertiary/aromatic N) is 2. The quantitative estimate of drug-likeness (QED) is 0.0889. The van der Waals surface area contributed by atoms with Crippen molar-refractivity contribution >= 4 is 88.0 Å². The number of benzene rings is 16. The van der Waals surface area contributed by atoms with E-state index < -0.39 is 0 Å². The van der Waals surface area contributed by atoms with Crippen LogP contribution in [0.3, 0.4) is 0 Å². The molecule has 0 spiro atoms. The zero-order valence-corrected chi connectivity index (χ0v) is 48.4. The van der Waals surface area contributed by atoms with Gasteiger partial charge in [0.25, 0.3) is 0 Å². The van der Waals surface area contributed by atoms with E-state index in [1.807, 2.05) is 0 Å². The van der Waals surface area contributed by atoms with Gasteiger partial charge in [-0.1, -0.05) is 261 Å². The first-order valence-corrected chi connectivity index (χ1v) is 30.3. The van der Waals surface area contributed by atoms with Crippen molar-refractivity contribution in [3.63, 3.8) is 0 Å². The summed E-state index contributed by atoms with van der Waals surface area (Å²) in [6, 6.07) is 129. The molecule has 0 unspecified atom stereocenters. The number of hydrogen-bond acceptors (Lipinski definition) is 2. The highest BCUT2D eigenvalue weighted by molar-refractivity contribution is 6.34. The minimum atomic E-state index is 1.08. The van der Waals surface area contributed by atoms with E-state index in [4.69, 9.17) is 0 Å². The molecule has 0 fully saturated rings. The molecule has 0 saturated carbocycles. The molecule has 0 aromatic heterocycles. The molecule has 412 valence electrons. The number of rotatable bonds is 12. The van der Waals surface area contributed by atoms with Crippen LogP contribution in [0.25, 0.3) is 121 Å². The van der Waals surface area contributed by atoms with Crippen LogP contribution < -0.4 is 9.80 Å². The number of para-hydroxylation sites is 4. The first-order valence-electron chi connectivity index (χ1n) is 30.3. The Morgan fingerprint density at radius 2 is 0.443 bits per heavy atom. The van der Waals surface area contributed by atoms with Crippen LogP contribution >= 0.6 is 0 Å². The van der Waals surface area contributed by atoms with E-state index in [1.165, 1.54) is 98.4 Å². The number of anilines is 6. The van der Waals surface area contributed by atoms with E-state index in [0.717, 1.165) is 56.4 Å². The van der Waals surface area contributed by atoms with Gasteiger partial charge in [0.1, 0.15) is 0 Å². The minimum absolute atomic E-state index is 1.08. The topological polar surface area (TPSA) is 6.48 Å². The fourth-order valence-electron chi connectivity index (χ4n) is 13.7. The first kappa shape index (κ1) is 52.0. The summed E-state index contributed by atoms with van der Waals surface area (Å²) < 4.78 is 0. The highest BCUT2D eigenvalue weighted by Gasteiger charge is 2.25. The van der Waals surface area contributed by atoms with Crippen LogP contribution in [0.5, 0.6) is 0 Å². The molecular formula is C86H58N2. The van der Waals surface area contributed by atoms with Crippen molar-refractivity contribution in [3.05, 3.63) is 352 Å². The second-order valence-corrected chi connectivity index (χ2v) is 22.7. The summed E-state index contributed by atoms with van der Waals surface area (Å²) in [7, 11) is 0. The summed E-state index contributed by atoms with van der Waals surface area (Å²) in [6.07, 6.45) is 0. The third-order valence-electron chi connectivity index (χ3n) is 17.6. The van der Waals surface area contributed by atoms with Crippen LogP contribution in [0.1, 0.15) is 0 Å². The maximum atomic E-state index is 2.51. The van der Waals surface area contributed by atoms with Crippen molar-refractivity contribution in [2.24, 2.45) is 0 Å². The summed E-state index contributed by atoms with van der Waals surface area (Å²) in [4.78, 5) is 4.69. The Bertz CT molecular complexity index is 5050. The lowest BCUT2D eigenvalue weighted by Crippen LogP contribution is -2.09. The van der Waals surface area contributed by atoms with Gasteiger partial charge in [0.2, 0.25) is 0 Å². The van der Waals surface area contributed by atoms with Crippen LogP contribution in [-0.2, 0) is 0 Å². The Hall–Kier alpha value is -11.6. The Morgan fingerprint density at radius 1 is 0.148 bits per heavy atom. The highest BCUT2D eigenvalue weighted by atomic mass is 15.1. The van der Waals surface area contributed by atoms with Crippen LogP contribution in [0.2, 0.25) is 0 Å². The molecule has 0 aliphatic carbocycles. The molecule has 16 rings (SSSR count). The normalized spacial score (nSPS) is 11.4. The van der Waals surface area contributed by atoms with Crippen LogP contribution in [0, 0.1) is 0 Å². The lowest BCUT2D eigenvalue weighted by atomic mass is 9.80. The van der Waals surface area contributed by atoms with Crippen LogP contribution in [0.15, 0.2) is 352 Å². The van der Waals surface area contributed by atoms with Crippen molar-refractivity contribution in [1.29, 1.82) is 0 Å². The molecular weight excluding hydrogens is 1060 g/mol. The average molecular weight is 1120 g/mol. The summed E-state index contributed by atoms with van der Waals surface area (Å²) in [6.45, 7) is 0. The Morgan fingerprint density at radius 3 is 0.886 bits per heavy atom. The van der Waals surface area contributed by atoms with Crippen LogP contribution in [0.4, 0.5) is 34.1 Å². The van der Waals surface area contributed by atoms with Gasteiger partial charge in [0.05, 0.1) is 0 Å². The lowest BCUT2D eigenvalue weighted by Gasteiger charge is -2.26. The molecule has 16 aromatic carbocycles. The van der Waals surface area contributed by atoms with E-state index in [0.29, 0.717) is 0 Å². The third-order valence-corrected chi connectivity index (χ3v) is 17.6. The van der Waals surface area contributed by atoms with E-state index in [1.54, 1.807) is 0 Å². The maximum Gasteiger partial charge on any atom is 0.0462 e. The number of hydrogen-bond donors (Lipinski definition) is 0. The Kier molecular flexibility index (Phi) is 13.3.